The minimum absolute atomic E-state index is 0.510. The summed E-state index contributed by atoms with van der Waals surface area (Å²) in [5.41, 5.74) is 2.49. The normalized spacial score (nSPS) is 20.9. The molecule has 1 aliphatic heterocycles. The molecule has 2 aromatic carbocycles. The summed E-state index contributed by atoms with van der Waals surface area (Å²) in [6.45, 7) is 1.91. The van der Waals surface area contributed by atoms with E-state index in [4.69, 9.17) is 11.6 Å². The maximum absolute atomic E-state index is 12.8. The molecule has 0 saturated carbocycles. The zero-order chi connectivity index (χ0) is 14.3. The first-order valence-corrected chi connectivity index (χ1v) is 8.44. The van der Waals surface area contributed by atoms with Crippen molar-refractivity contribution in [2.24, 2.45) is 9.36 Å². The molecule has 0 saturated heterocycles. The van der Waals surface area contributed by atoms with Gasteiger partial charge in [-0.15, -0.1) is 0 Å². The van der Waals surface area contributed by atoms with Gasteiger partial charge in [-0.1, -0.05) is 41.9 Å². The molecule has 0 aliphatic carbocycles. The molecule has 3 rings (SSSR count). The Balaban J connectivity index is 2.30. The van der Waals surface area contributed by atoms with Crippen LogP contribution in [0.25, 0.3) is 0 Å². The van der Waals surface area contributed by atoms with Gasteiger partial charge in [0.25, 0.3) is 0 Å². The second-order valence-electron chi connectivity index (χ2n) is 4.76. The van der Waals surface area contributed by atoms with Crippen LogP contribution in [0.5, 0.6) is 0 Å². The van der Waals surface area contributed by atoms with Crippen molar-refractivity contribution >= 4 is 32.9 Å². The van der Waals surface area contributed by atoms with E-state index in [2.05, 4.69) is 9.36 Å². The van der Waals surface area contributed by atoms with Crippen LogP contribution in [0, 0.1) is 6.92 Å². The van der Waals surface area contributed by atoms with Gasteiger partial charge in [0.2, 0.25) is 0 Å². The molecule has 102 valence electrons. The Morgan fingerprint density at radius 1 is 1.15 bits per heavy atom. The third-order valence-electron chi connectivity index (χ3n) is 3.15. The van der Waals surface area contributed by atoms with Crippen molar-refractivity contribution in [3.05, 3.63) is 58.6 Å². The molecule has 1 heterocycles. The van der Waals surface area contributed by atoms with Crippen LogP contribution in [0.2, 0.25) is 5.02 Å². The number of aryl methyl sites for hydroxylation is 1. The number of hydrogen-bond acceptors (Lipinski definition) is 3. The Kier molecular flexibility index (Phi) is 3.15. The zero-order valence-corrected chi connectivity index (χ0v) is 12.7. The first-order valence-electron chi connectivity index (χ1n) is 6.14. The largest absolute Gasteiger partial charge is 0.245 e. The van der Waals surface area contributed by atoms with Gasteiger partial charge in [0.15, 0.2) is 5.84 Å². The molecular formula is C15H13ClN2OS. The number of fused-ring (bicyclic) bond motifs is 1. The van der Waals surface area contributed by atoms with E-state index in [1.54, 1.807) is 12.3 Å². The SMILES string of the molecule is Cc1cc(Cl)cc2c1N=C(c1ccccc1)N=S2(C)=O. The summed E-state index contributed by atoms with van der Waals surface area (Å²) in [6.07, 6.45) is 1.62. The van der Waals surface area contributed by atoms with Crippen molar-refractivity contribution in [1.29, 1.82) is 0 Å². The zero-order valence-electron chi connectivity index (χ0n) is 11.1. The van der Waals surface area contributed by atoms with Gasteiger partial charge in [-0.05, 0) is 24.6 Å². The number of rotatable bonds is 1. The number of amidine groups is 1. The molecule has 0 spiro atoms. The molecule has 0 N–H and O–H groups in total. The smallest absolute Gasteiger partial charge is 0.169 e. The molecule has 1 aliphatic rings. The molecule has 3 nitrogen and oxygen atoms in total. The van der Waals surface area contributed by atoms with Crippen LogP contribution in [0.15, 0.2) is 56.7 Å². The summed E-state index contributed by atoms with van der Waals surface area (Å²) in [5, 5.41) is 0.560. The van der Waals surface area contributed by atoms with Crippen LogP contribution in [0.1, 0.15) is 11.1 Å². The van der Waals surface area contributed by atoms with E-state index in [9.17, 15) is 4.21 Å². The third-order valence-corrected chi connectivity index (χ3v) is 5.02. The highest BCUT2D eigenvalue weighted by molar-refractivity contribution is 7.93. The van der Waals surface area contributed by atoms with E-state index in [1.807, 2.05) is 43.3 Å². The Hall–Kier alpha value is -1.65. The molecule has 0 bridgehead atoms. The second-order valence-corrected chi connectivity index (χ2v) is 7.43. The number of halogens is 1. The summed E-state index contributed by atoms with van der Waals surface area (Å²) in [7, 11) is -2.52. The van der Waals surface area contributed by atoms with Gasteiger partial charge in [-0.2, -0.15) is 4.36 Å². The summed E-state index contributed by atoms with van der Waals surface area (Å²) < 4.78 is 17.1. The average molecular weight is 305 g/mol. The quantitative estimate of drug-likeness (QED) is 0.778. The lowest BCUT2D eigenvalue weighted by atomic mass is 10.2. The predicted molar refractivity (Wildman–Crippen MR) is 83.6 cm³/mol. The molecule has 1 atom stereocenters. The Morgan fingerprint density at radius 2 is 1.85 bits per heavy atom. The fraction of sp³-hybridized carbons (Fsp3) is 0.133. The fourth-order valence-corrected chi connectivity index (χ4v) is 4.00. The predicted octanol–water partition coefficient (Wildman–Crippen LogP) is 4.20. The molecule has 20 heavy (non-hydrogen) atoms. The summed E-state index contributed by atoms with van der Waals surface area (Å²) in [4.78, 5) is 5.18. The number of nitrogens with zero attached hydrogens (tertiary/aromatic N) is 2. The van der Waals surface area contributed by atoms with Crippen LogP contribution in [0.3, 0.4) is 0 Å². The van der Waals surface area contributed by atoms with Crippen molar-refractivity contribution < 1.29 is 4.21 Å². The molecule has 0 amide bonds. The van der Waals surface area contributed by atoms with Crippen LogP contribution in [-0.2, 0) is 9.73 Å². The van der Waals surface area contributed by atoms with E-state index < -0.39 is 9.73 Å². The lowest BCUT2D eigenvalue weighted by Crippen LogP contribution is -2.10. The van der Waals surface area contributed by atoms with Crippen molar-refractivity contribution in [3.63, 3.8) is 0 Å². The van der Waals surface area contributed by atoms with Gasteiger partial charge < -0.3 is 0 Å². The van der Waals surface area contributed by atoms with E-state index in [0.29, 0.717) is 15.8 Å². The molecule has 5 heteroatoms. The third kappa shape index (κ3) is 2.25. The van der Waals surface area contributed by atoms with Gasteiger partial charge in [-0.3, -0.25) is 0 Å². The highest BCUT2D eigenvalue weighted by Gasteiger charge is 2.21. The van der Waals surface area contributed by atoms with Crippen molar-refractivity contribution in [3.8, 4) is 0 Å². The van der Waals surface area contributed by atoms with E-state index in [-0.39, 0.29) is 0 Å². The molecule has 0 aromatic heterocycles. The van der Waals surface area contributed by atoms with Crippen LogP contribution < -0.4 is 0 Å². The van der Waals surface area contributed by atoms with Crippen molar-refractivity contribution in [2.45, 2.75) is 11.8 Å². The average Bonchev–Trinajstić information content (AvgIpc) is 2.40. The maximum atomic E-state index is 12.8. The summed E-state index contributed by atoms with van der Waals surface area (Å²) >= 11 is 6.05. The second kappa shape index (κ2) is 4.72. The lowest BCUT2D eigenvalue weighted by Gasteiger charge is -2.17. The minimum Gasteiger partial charge on any atom is -0.245 e. The van der Waals surface area contributed by atoms with Crippen molar-refractivity contribution in [2.75, 3.05) is 6.26 Å². The highest BCUT2D eigenvalue weighted by atomic mass is 35.5. The van der Waals surface area contributed by atoms with Gasteiger partial charge in [0.1, 0.15) is 0 Å². The van der Waals surface area contributed by atoms with E-state index >= 15 is 0 Å². The van der Waals surface area contributed by atoms with Gasteiger partial charge >= 0.3 is 0 Å². The number of aliphatic imine (C=N–C) groups is 1. The van der Waals surface area contributed by atoms with E-state index in [0.717, 1.165) is 16.8 Å². The lowest BCUT2D eigenvalue weighted by molar-refractivity contribution is 0.680. The molecule has 0 fully saturated rings. The van der Waals surface area contributed by atoms with Gasteiger partial charge in [0, 0.05) is 16.8 Å². The number of hydrogen-bond donors (Lipinski definition) is 0. The van der Waals surface area contributed by atoms with Gasteiger partial charge in [0.05, 0.1) is 20.3 Å². The topological polar surface area (TPSA) is 41.8 Å². The van der Waals surface area contributed by atoms with Crippen LogP contribution in [-0.4, -0.2) is 16.3 Å². The highest BCUT2D eigenvalue weighted by Crippen LogP contribution is 2.36. The maximum Gasteiger partial charge on any atom is 0.169 e. The fourth-order valence-electron chi connectivity index (χ4n) is 2.18. The van der Waals surface area contributed by atoms with Crippen molar-refractivity contribution in [1.82, 2.24) is 0 Å². The number of benzene rings is 2. The Labute approximate surface area is 123 Å². The molecule has 2 aromatic rings. The first-order chi connectivity index (χ1) is 9.47. The molecular weight excluding hydrogens is 292 g/mol. The summed E-state index contributed by atoms with van der Waals surface area (Å²) in [6, 6.07) is 13.1. The molecule has 0 radical (unpaired) electrons. The van der Waals surface area contributed by atoms with E-state index in [1.165, 1.54) is 0 Å². The van der Waals surface area contributed by atoms with Crippen LogP contribution >= 0.6 is 11.6 Å². The summed E-state index contributed by atoms with van der Waals surface area (Å²) in [5.74, 6) is 0.510. The Bertz CT molecular complexity index is 834. The van der Waals surface area contributed by atoms with Crippen LogP contribution in [0.4, 0.5) is 5.69 Å². The molecule has 1 unspecified atom stereocenters. The first kappa shape index (κ1) is 13.3. The van der Waals surface area contributed by atoms with Gasteiger partial charge in [-0.25, -0.2) is 9.20 Å². The monoisotopic (exact) mass is 304 g/mol. The minimum atomic E-state index is -2.52. The standard InChI is InChI=1S/C15H13ClN2OS/c1-10-8-12(16)9-13-14(10)17-15(18-20(13,2)19)11-6-4-3-5-7-11/h3-9H,1-2H3. The Morgan fingerprint density at radius 3 is 2.55 bits per heavy atom.